The fraction of sp³-hybridized carbons (Fsp3) is 0.786. The molecule has 0 aliphatic heterocycles. The number of hydrogen-bond donors (Lipinski definition) is 3. The number of nitrogens with one attached hydrogen (secondary N) is 3. The lowest BCUT2D eigenvalue weighted by Gasteiger charge is -2.11. The van der Waals surface area contributed by atoms with Crippen LogP contribution in [0.15, 0.2) is 5.03 Å². The maximum atomic E-state index is 12.5. The van der Waals surface area contributed by atoms with E-state index in [-0.39, 0.29) is 5.03 Å². The van der Waals surface area contributed by atoms with Gasteiger partial charge in [0.2, 0.25) is 0 Å². The summed E-state index contributed by atoms with van der Waals surface area (Å²) in [5, 5.41) is 10.3. The molecule has 0 atom stereocenters. The van der Waals surface area contributed by atoms with E-state index in [1.165, 1.54) is 25.7 Å². The standard InChI is InChI=1S/C14H24N4O2S/c1-10-13(9-15-12-6-7-12)14(18-17-10)21(19,20)16-8-11-4-2-3-5-11/h11-12,15-16H,2-9H2,1H3,(H,17,18). The molecule has 6 nitrogen and oxygen atoms in total. The molecule has 118 valence electrons. The van der Waals surface area contributed by atoms with Gasteiger partial charge in [0.1, 0.15) is 0 Å². The average Bonchev–Trinajstić information content (AvgIpc) is 2.98. The van der Waals surface area contributed by atoms with Crippen molar-refractivity contribution >= 4 is 10.0 Å². The van der Waals surface area contributed by atoms with Gasteiger partial charge >= 0.3 is 0 Å². The van der Waals surface area contributed by atoms with E-state index in [1.54, 1.807) is 0 Å². The summed E-state index contributed by atoms with van der Waals surface area (Å²) in [4.78, 5) is 0. The second-order valence-electron chi connectivity index (χ2n) is 6.29. The van der Waals surface area contributed by atoms with Crippen LogP contribution in [0.2, 0.25) is 0 Å². The van der Waals surface area contributed by atoms with Gasteiger partial charge in [0.15, 0.2) is 5.03 Å². The third kappa shape index (κ3) is 3.64. The average molecular weight is 312 g/mol. The molecule has 2 fully saturated rings. The van der Waals surface area contributed by atoms with Crippen molar-refractivity contribution in [1.82, 2.24) is 20.2 Å². The summed E-state index contributed by atoms with van der Waals surface area (Å²) in [6.45, 7) is 2.96. The first kappa shape index (κ1) is 15.0. The highest BCUT2D eigenvalue weighted by atomic mass is 32.2. The molecule has 0 amide bonds. The van der Waals surface area contributed by atoms with Gasteiger partial charge in [-0.05, 0) is 38.5 Å². The predicted octanol–water partition coefficient (Wildman–Crippen LogP) is 1.44. The molecule has 1 aromatic heterocycles. The highest BCUT2D eigenvalue weighted by Gasteiger charge is 2.27. The Bertz CT molecular complexity index is 586. The Hall–Kier alpha value is -0.920. The van der Waals surface area contributed by atoms with Crippen LogP contribution < -0.4 is 10.0 Å². The van der Waals surface area contributed by atoms with E-state index >= 15 is 0 Å². The SMILES string of the molecule is Cc1[nH]nc(S(=O)(=O)NCC2CCCC2)c1CNC1CC1. The summed E-state index contributed by atoms with van der Waals surface area (Å²) in [7, 11) is -3.52. The lowest BCUT2D eigenvalue weighted by molar-refractivity contribution is 0.517. The van der Waals surface area contributed by atoms with Crippen molar-refractivity contribution in [1.29, 1.82) is 0 Å². The summed E-state index contributed by atoms with van der Waals surface area (Å²) in [5.74, 6) is 0.479. The Morgan fingerprint density at radius 2 is 1.95 bits per heavy atom. The van der Waals surface area contributed by atoms with Gasteiger partial charge in [-0.25, -0.2) is 13.1 Å². The van der Waals surface area contributed by atoms with Crippen LogP contribution in [-0.2, 0) is 16.6 Å². The maximum absolute atomic E-state index is 12.5. The Kier molecular flexibility index (Phi) is 4.33. The van der Waals surface area contributed by atoms with Crippen molar-refractivity contribution in [3.8, 4) is 0 Å². The van der Waals surface area contributed by atoms with E-state index in [9.17, 15) is 8.42 Å². The van der Waals surface area contributed by atoms with E-state index in [1.807, 2.05) is 6.92 Å². The lowest BCUT2D eigenvalue weighted by Crippen LogP contribution is -2.30. The van der Waals surface area contributed by atoms with Crippen LogP contribution in [0.4, 0.5) is 0 Å². The fourth-order valence-electron chi connectivity index (χ4n) is 2.90. The number of hydrogen-bond acceptors (Lipinski definition) is 4. The zero-order chi connectivity index (χ0) is 14.9. The van der Waals surface area contributed by atoms with Gasteiger partial charge in [-0.3, -0.25) is 5.10 Å². The van der Waals surface area contributed by atoms with Gasteiger partial charge in [-0.15, -0.1) is 0 Å². The van der Waals surface area contributed by atoms with Crippen LogP contribution in [0.5, 0.6) is 0 Å². The third-order valence-electron chi connectivity index (χ3n) is 4.47. The van der Waals surface area contributed by atoms with E-state index in [0.717, 1.165) is 24.1 Å². The number of nitrogens with zero attached hydrogens (tertiary/aromatic N) is 1. The molecule has 0 saturated heterocycles. The first-order chi connectivity index (χ1) is 10.1. The second-order valence-corrected chi connectivity index (χ2v) is 7.97. The van der Waals surface area contributed by atoms with Crippen molar-refractivity contribution in [2.24, 2.45) is 5.92 Å². The van der Waals surface area contributed by atoms with Crippen LogP contribution in [0, 0.1) is 12.8 Å². The normalized spacial score (nSPS) is 20.2. The highest BCUT2D eigenvalue weighted by Crippen LogP contribution is 2.25. The number of aromatic nitrogens is 2. The number of aryl methyl sites for hydroxylation is 1. The van der Waals surface area contributed by atoms with Crippen LogP contribution in [0.1, 0.15) is 49.8 Å². The maximum Gasteiger partial charge on any atom is 0.260 e. The molecule has 3 N–H and O–H groups in total. The molecule has 0 spiro atoms. The predicted molar refractivity (Wildman–Crippen MR) is 80.3 cm³/mol. The minimum Gasteiger partial charge on any atom is -0.310 e. The molecule has 0 radical (unpaired) electrons. The number of aromatic amines is 1. The molecule has 1 aromatic rings. The van der Waals surface area contributed by atoms with E-state index < -0.39 is 10.0 Å². The molecule has 7 heteroatoms. The summed E-state index contributed by atoms with van der Waals surface area (Å²) in [5.41, 5.74) is 1.59. The molecule has 1 heterocycles. The van der Waals surface area contributed by atoms with Crippen molar-refractivity contribution in [2.45, 2.75) is 63.1 Å². The van der Waals surface area contributed by atoms with Gasteiger partial charge in [-0.2, -0.15) is 5.10 Å². The van der Waals surface area contributed by atoms with Crippen molar-refractivity contribution < 1.29 is 8.42 Å². The smallest absolute Gasteiger partial charge is 0.260 e. The molecule has 3 rings (SSSR count). The zero-order valence-corrected chi connectivity index (χ0v) is 13.3. The van der Waals surface area contributed by atoms with E-state index in [0.29, 0.717) is 25.0 Å². The Morgan fingerprint density at radius 1 is 1.24 bits per heavy atom. The molecule has 2 saturated carbocycles. The molecule has 21 heavy (non-hydrogen) atoms. The van der Waals surface area contributed by atoms with Crippen LogP contribution in [0.3, 0.4) is 0 Å². The van der Waals surface area contributed by atoms with Crippen LogP contribution in [0.25, 0.3) is 0 Å². The number of H-pyrrole nitrogens is 1. The number of sulfonamides is 1. The monoisotopic (exact) mass is 312 g/mol. The third-order valence-corrected chi connectivity index (χ3v) is 5.87. The first-order valence-corrected chi connectivity index (χ1v) is 9.31. The van der Waals surface area contributed by atoms with Crippen molar-refractivity contribution in [2.75, 3.05) is 6.54 Å². The van der Waals surface area contributed by atoms with E-state index in [2.05, 4.69) is 20.2 Å². The largest absolute Gasteiger partial charge is 0.310 e. The highest BCUT2D eigenvalue weighted by molar-refractivity contribution is 7.89. The Morgan fingerprint density at radius 3 is 2.62 bits per heavy atom. The fourth-order valence-corrected chi connectivity index (χ4v) is 4.21. The molecule has 0 aromatic carbocycles. The quantitative estimate of drug-likeness (QED) is 0.711. The Balaban J connectivity index is 1.68. The Labute approximate surface area is 126 Å². The second kappa shape index (κ2) is 6.06. The summed E-state index contributed by atoms with van der Waals surface area (Å²) in [6, 6.07) is 0.543. The molecule has 2 aliphatic carbocycles. The summed E-state index contributed by atoms with van der Waals surface area (Å²) < 4.78 is 27.7. The van der Waals surface area contributed by atoms with Crippen molar-refractivity contribution in [3.05, 3.63) is 11.3 Å². The van der Waals surface area contributed by atoms with E-state index in [4.69, 9.17) is 0 Å². The van der Waals surface area contributed by atoms with Crippen LogP contribution >= 0.6 is 0 Å². The molecule has 2 aliphatic rings. The topological polar surface area (TPSA) is 86.9 Å². The van der Waals surface area contributed by atoms with Crippen molar-refractivity contribution in [3.63, 3.8) is 0 Å². The minimum atomic E-state index is -3.52. The lowest BCUT2D eigenvalue weighted by atomic mass is 10.1. The summed E-state index contributed by atoms with van der Waals surface area (Å²) >= 11 is 0. The van der Waals surface area contributed by atoms with Gasteiger partial charge in [0.05, 0.1) is 0 Å². The minimum absolute atomic E-state index is 0.158. The van der Waals surface area contributed by atoms with Gasteiger partial charge in [0, 0.05) is 30.4 Å². The molecule has 0 unspecified atom stereocenters. The molecular weight excluding hydrogens is 288 g/mol. The molecule has 0 bridgehead atoms. The number of rotatable bonds is 7. The molecular formula is C14H24N4O2S. The van der Waals surface area contributed by atoms with Gasteiger partial charge in [0.25, 0.3) is 10.0 Å². The summed E-state index contributed by atoms with van der Waals surface area (Å²) in [6.07, 6.45) is 7.03. The van der Waals surface area contributed by atoms with Gasteiger partial charge in [-0.1, -0.05) is 12.8 Å². The first-order valence-electron chi connectivity index (χ1n) is 7.83. The van der Waals surface area contributed by atoms with Crippen LogP contribution in [-0.4, -0.2) is 31.2 Å². The zero-order valence-electron chi connectivity index (χ0n) is 12.5. The van der Waals surface area contributed by atoms with Gasteiger partial charge < -0.3 is 5.32 Å².